The Morgan fingerprint density at radius 2 is 2.04 bits per heavy atom. The van der Waals surface area contributed by atoms with E-state index in [0.717, 1.165) is 27.0 Å². The standard InChI is InChI=1S/C19H18ClN3OS/c1-14-3-2-4-17(11-14)22-18(24)13-25-19-21-9-10-23(19)12-15-5-7-16(20)8-6-15/h2-11H,12-13H2,1H3,(H,22,24). The van der Waals surface area contributed by atoms with Gasteiger partial charge in [-0.15, -0.1) is 0 Å². The lowest BCUT2D eigenvalue weighted by atomic mass is 10.2. The zero-order valence-electron chi connectivity index (χ0n) is 13.8. The fraction of sp³-hybridized carbons (Fsp3) is 0.158. The number of hydrogen-bond acceptors (Lipinski definition) is 3. The molecular weight excluding hydrogens is 354 g/mol. The van der Waals surface area contributed by atoms with Gasteiger partial charge in [-0.05, 0) is 42.3 Å². The summed E-state index contributed by atoms with van der Waals surface area (Å²) in [5.41, 5.74) is 3.06. The number of imidazole rings is 1. The number of carbonyl (C=O) groups is 1. The van der Waals surface area contributed by atoms with Gasteiger partial charge in [0, 0.05) is 29.6 Å². The fourth-order valence-electron chi connectivity index (χ4n) is 2.39. The molecule has 0 bridgehead atoms. The van der Waals surface area contributed by atoms with E-state index in [0.29, 0.717) is 12.3 Å². The third-order valence-electron chi connectivity index (χ3n) is 3.58. The molecule has 0 radical (unpaired) electrons. The van der Waals surface area contributed by atoms with Crippen molar-refractivity contribution in [3.05, 3.63) is 77.1 Å². The van der Waals surface area contributed by atoms with Crippen LogP contribution in [0.5, 0.6) is 0 Å². The SMILES string of the molecule is Cc1cccc(NC(=O)CSc2nccn2Cc2ccc(Cl)cc2)c1. The Bertz CT molecular complexity index is 861. The first-order chi connectivity index (χ1) is 12.1. The number of carbonyl (C=O) groups excluding carboxylic acids is 1. The molecule has 0 aliphatic rings. The quantitative estimate of drug-likeness (QED) is 0.643. The number of halogens is 1. The van der Waals surface area contributed by atoms with Crippen LogP contribution in [0.15, 0.2) is 66.1 Å². The summed E-state index contributed by atoms with van der Waals surface area (Å²) in [5.74, 6) is 0.266. The second-order valence-electron chi connectivity index (χ2n) is 5.67. The number of aromatic nitrogens is 2. The number of rotatable bonds is 6. The van der Waals surface area contributed by atoms with Gasteiger partial charge in [0.2, 0.25) is 5.91 Å². The van der Waals surface area contributed by atoms with E-state index in [4.69, 9.17) is 11.6 Å². The molecule has 2 aromatic carbocycles. The molecule has 0 saturated carbocycles. The summed E-state index contributed by atoms with van der Waals surface area (Å²) < 4.78 is 2.02. The van der Waals surface area contributed by atoms with E-state index in [1.165, 1.54) is 11.8 Å². The molecule has 0 aliphatic carbocycles. The number of thioether (sulfide) groups is 1. The van der Waals surface area contributed by atoms with Gasteiger partial charge in [-0.1, -0.05) is 47.6 Å². The van der Waals surface area contributed by atoms with Gasteiger partial charge in [-0.2, -0.15) is 0 Å². The lowest BCUT2D eigenvalue weighted by Gasteiger charge is -2.08. The maximum absolute atomic E-state index is 12.1. The minimum Gasteiger partial charge on any atom is -0.325 e. The Balaban J connectivity index is 1.57. The number of nitrogens with one attached hydrogen (secondary N) is 1. The highest BCUT2D eigenvalue weighted by atomic mass is 35.5. The predicted octanol–water partition coefficient (Wildman–Crippen LogP) is 4.62. The molecule has 0 saturated heterocycles. The third kappa shape index (κ3) is 5.11. The summed E-state index contributed by atoms with van der Waals surface area (Å²) >= 11 is 7.34. The smallest absolute Gasteiger partial charge is 0.234 e. The minimum absolute atomic E-state index is 0.0448. The number of benzene rings is 2. The zero-order chi connectivity index (χ0) is 17.6. The zero-order valence-corrected chi connectivity index (χ0v) is 15.3. The Hall–Kier alpha value is -2.24. The number of nitrogens with zero attached hydrogens (tertiary/aromatic N) is 2. The highest BCUT2D eigenvalue weighted by molar-refractivity contribution is 7.99. The van der Waals surface area contributed by atoms with E-state index < -0.39 is 0 Å². The van der Waals surface area contributed by atoms with Crippen LogP contribution in [0, 0.1) is 6.92 Å². The van der Waals surface area contributed by atoms with Gasteiger partial charge >= 0.3 is 0 Å². The molecule has 6 heteroatoms. The number of anilines is 1. The normalized spacial score (nSPS) is 10.6. The Labute approximate surface area is 156 Å². The van der Waals surface area contributed by atoms with E-state index in [9.17, 15) is 4.79 Å². The van der Waals surface area contributed by atoms with Crippen LogP contribution in [-0.2, 0) is 11.3 Å². The molecule has 0 unspecified atom stereocenters. The molecule has 0 fully saturated rings. The third-order valence-corrected chi connectivity index (χ3v) is 4.83. The number of hydrogen-bond donors (Lipinski definition) is 1. The topological polar surface area (TPSA) is 46.9 Å². The molecule has 1 N–H and O–H groups in total. The van der Waals surface area contributed by atoms with Crippen molar-refractivity contribution in [3.63, 3.8) is 0 Å². The maximum Gasteiger partial charge on any atom is 0.234 e. The Kier molecular flexibility index (Phi) is 5.79. The van der Waals surface area contributed by atoms with E-state index in [1.807, 2.05) is 66.2 Å². The average Bonchev–Trinajstić information content (AvgIpc) is 3.02. The van der Waals surface area contributed by atoms with Crippen LogP contribution in [0.3, 0.4) is 0 Å². The van der Waals surface area contributed by atoms with Crippen molar-refractivity contribution >= 4 is 35.0 Å². The molecule has 3 aromatic rings. The van der Waals surface area contributed by atoms with E-state index in [2.05, 4.69) is 10.3 Å². The van der Waals surface area contributed by atoms with Crippen LogP contribution in [-0.4, -0.2) is 21.2 Å². The monoisotopic (exact) mass is 371 g/mol. The van der Waals surface area contributed by atoms with Crippen LogP contribution in [0.4, 0.5) is 5.69 Å². The van der Waals surface area contributed by atoms with Crippen LogP contribution in [0.1, 0.15) is 11.1 Å². The molecule has 4 nitrogen and oxygen atoms in total. The molecule has 25 heavy (non-hydrogen) atoms. The van der Waals surface area contributed by atoms with Gasteiger partial charge in [-0.25, -0.2) is 4.98 Å². The maximum atomic E-state index is 12.1. The number of amides is 1. The molecule has 1 aromatic heterocycles. The van der Waals surface area contributed by atoms with Crippen molar-refractivity contribution in [1.82, 2.24) is 9.55 Å². The summed E-state index contributed by atoms with van der Waals surface area (Å²) in [6.07, 6.45) is 3.66. The number of aryl methyl sites for hydroxylation is 1. The molecule has 1 heterocycles. The predicted molar refractivity (Wildman–Crippen MR) is 103 cm³/mol. The van der Waals surface area contributed by atoms with Crippen molar-refractivity contribution in [2.75, 3.05) is 11.1 Å². The lowest BCUT2D eigenvalue weighted by molar-refractivity contribution is -0.113. The largest absolute Gasteiger partial charge is 0.325 e. The summed E-state index contributed by atoms with van der Waals surface area (Å²) in [4.78, 5) is 16.5. The summed E-state index contributed by atoms with van der Waals surface area (Å²) in [7, 11) is 0. The van der Waals surface area contributed by atoms with Gasteiger partial charge in [0.05, 0.1) is 5.75 Å². The first-order valence-electron chi connectivity index (χ1n) is 7.85. The van der Waals surface area contributed by atoms with Gasteiger partial charge < -0.3 is 9.88 Å². The van der Waals surface area contributed by atoms with Gasteiger partial charge in [-0.3, -0.25) is 4.79 Å². The van der Waals surface area contributed by atoms with Crippen molar-refractivity contribution in [3.8, 4) is 0 Å². The first-order valence-corrected chi connectivity index (χ1v) is 9.21. The van der Waals surface area contributed by atoms with E-state index in [-0.39, 0.29) is 5.91 Å². The van der Waals surface area contributed by atoms with Crippen LogP contribution < -0.4 is 5.32 Å². The van der Waals surface area contributed by atoms with Gasteiger partial charge in [0.15, 0.2) is 5.16 Å². The van der Waals surface area contributed by atoms with E-state index in [1.54, 1.807) is 6.20 Å². The van der Waals surface area contributed by atoms with E-state index >= 15 is 0 Å². The second-order valence-corrected chi connectivity index (χ2v) is 7.05. The Morgan fingerprint density at radius 3 is 2.80 bits per heavy atom. The van der Waals surface area contributed by atoms with Crippen molar-refractivity contribution in [2.45, 2.75) is 18.6 Å². The molecule has 0 spiro atoms. The van der Waals surface area contributed by atoms with Crippen molar-refractivity contribution < 1.29 is 4.79 Å². The van der Waals surface area contributed by atoms with Crippen LogP contribution in [0.2, 0.25) is 5.02 Å². The summed E-state index contributed by atoms with van der Waals surface area (Å²) in [5, 5.41) is 4.44. The summed E-state index contributed by atoms with van der Waals surface area (Å²) in [6.45, 7) is 2.69. The molecule has 3 rings (SSSR count). The summed E-state index contributed by atoms with van der Waals surface area (Å²) in [6, 6.07) is 15.5. The fourth-order valence-corrected chi connectivity index (χ4v) is 3.28. The lowest BCUT2D eigenvalue weighted by Crippen LogP contribution is -2.14. The molecule has 0 atom stereocenters. The first kappa shape index (κ1) is 17.6. The minimum atomic E-state index is -0.0448. The second kappa shape index (κ2) is 8.23. The van der Waals surface area contributed by atoms with Crippen molar-refractivity contribution in [1.29, 1.82) is 0 Å². The highest BCUT2D eigenvalue weighted by Crippen LogP contribution is 2.19. The van der Waals surface area contributed by atoms with Gasteiger partial charge in [0.1, 0.15) is 0 Å². The average molecular weight is 372 g/mol. The van der Waals surface area contributed by atoms with Gasteiger partial charge in [0.25, 0.3) is 0 Å². The molecule has 0 aliphatic heterocycles. The molecular formula is C19H18ClN3OS. The van der Waals surface area contributed by atoms with Crippen LogP contribution in [0.25, 0.3) is 0 Å². The molecule has 1 amide bonds. The highest BCUT2D eigenvalue weighted by Gasteiger charge is 2.09. The van der Waals surface area contributed by atoms with Crippen molar-refractivity contribution in [2.24, 2.45) is 0 Å². The Morgan fingerprint density at radius 1 is 1.24 bits per heavy atom. The van der Waals surface area contributed by atoms with Crippen LogP contribution >= 0.6 is 23.4 Å². The molecule has 128 valence electrons.